The number of amides is 1. The zero-order valence-electron chi connectivity index (χ0n) is 6.99. The summed E-state index contributed by atoms with van der Waals surface area (Å²) in [6.07, 6.45) is 2.91. The topological polar surface area (TPSA) is 66.6 Å². The van der Waals surface area contributed by atoms with Gasteiger partial charge in [0.25, 0.3) is 5.91 Å². The highest BCUT2D eigenvalue weighted by atomic mass is 16.3. The number of aliphatic hydroxyl groups is 1. The Morgan fingerprint density at radius 3 is 2.67 bits per heavy atom. The van der Waals surface area contributed by atoms with Crippen LogP contribution in [0.2, 0.25) is 0 Å². The predicted molar refractivity (Wildman–Crippen MR) is 43.4 cm³/mol. The Hall–Kier alpha value is -0.610. The molecule has 68 valence electrons. The number of β-amino-alcohol motifs (C(OH)–C–C–N with tert-alkyl or cyclic N) is 1. The van der Waals surface area contributed by atoms with Gasteiger partial charge in [-0.2, -0.15) is 0 Å². The van der Waals surface area contributed by atoms with E-state index >= 15 is 0 Å². The van der Waals surface area contributed by atoms with Gasteiger partial charge in [-0.1, -0.05) is 0 Å². The molecule has 0 radical (unpaired) electrons. The minimum Gasteiger partial charge on any atom is -0.379 e. The Balaban J connectivity index is 1.99. The second-order valence-corrected chi connectivity index (χ2v) is 3.85. The third-order valence-corrected chi connectivity index (χ3v) is 2.80. The average Bonchev–Trinajstić information content (AvgIpc) is 2.76. The maximum absolute atomic E-state index is 10.9. The van der Waals surface area contributed by atoms with Gasteiger partial charge in [-0.3, -0.25) is 9.69 Å². The Bertz CT molecular complexity index is 215. The monoisotopic (exact) mass is 170 g/mol. The van der Waals surface area contributed by atoms with Crippen LogP contribution in [0.25, 0.3) is 0 Å². The van der Waals surface area contributed by atoms with E-state index in [0.29, 0.717) is 19.0 Å². The Morgan fingerprint density at radius 2 is 2.25 bits per heavy atom. The van der Waals surface area contributed by atoms with Gasteiger partial charge in [0.15, 0.2) is 5.60 Å². The lowest BCUT2D eigenvalue weighted by Gasteiger charge is -2.19. The normalized spacial score (nSPS) is 37.1. The molecule has 2 fully saturated rings. The molecule has 3 N–H and O–H groups in total. The molecule has 1 heterocycles. The molecule has 12 heavy (non-hydrogen) atoms. The fraction of sp³-hybridized carbons (Fsp3) is 0.875. The maximum Gasteiger partial charge on any atom is 0.250 e. The van der Waals surface area contributed by atoms with Gasteiger partial charge in [-0.15, -0.1) is 0 Å². The van der Waals surface area contributed by atoms with E-state index in [1.54, 1.807) is 0 Å². The van der Waals surface area contributed by atoms with Crippen molar-refractivity contribution in [2.24, 2.45) is 5.73 Å². The number of likely N-dealkylation sites (tertiary alicyclic amines) is 1. The molecule has 1 saturated carbocycles. The molecule has 0 aromatic heterocycles. The summed E-state index contributed by atoms with van der Waals surface area (Å²) in [6, 6.07) is 0.610. The van der Waals surface area contributed by atoms with Crippen molar-refractivity contribution in [1.82, 2.24) is 4.90 Å². The number of hydrogen-bond donors (Lipinski definition) is 2. The van der Waals surface area contributed by atoms with E-state index < -0.39 is 11.5 Å². The van der Waals surface area contributed by atoms with Crippen LogP contribution in [-0.4, -0.2) is 40.6 Å². The van der Waals surface area contributed by atoms with Crippen molar-refractivity contribution in [3.8, 4) is 0 Å². The number of primary amides is 1. The minimum absolute atomic E-state index is 0.438. The van der Waals surface area contributed by atoms with Crippen molar-refractivity contribution in [3.05, 3.63) is 0 Å². The van der Waals surface area contributed by atoms with Crippen LogP contribution >= 0.6 is 0 Å². The molecule has 1 aliphatic heterocycles. The minimum atomic E-state index is -1.25. The lowest BCUT2D eigenvalue weighted by atomic mass is 10.0. The molecule has 0 aromatic rings. The molecule has 1 amide bonds. The number of carbonyl (C=O) groups is 1. The molecule has 4 nitrogen and oxygen atoms in total. The van der Waals surface area contributed by atoms with E-state index in [0.717, 1.165) is 6.54 Å². The van der Waals surface area contributed by atoms with Crippen LogP contribution in [0.4, 0.5) is 0 Å². The third kappa shape index (κ3) is 1.21. The van der Waals surface area contributed by atoms with Gasteiger partial charge in [0.2, 0.25) is 0 Å². The first-order valence-corrected chi connectivity index (χ1v) is 4.38. The first-order chi connectivity index (χ1) is 5.62. The van der Waals surface area contributed by atoms with Crippen molar-refractivity contribution in [2.45, 2.75) is 30.9 Å². The zero-order chi connectivity index (χ0) is 8.77. The van der Waals surface area contributed by atoms with Gasteiger partial charge in [0.05, 0.1) is 0 Å². The summed E-state index contributed by atoms with van der Waals surface area (Å²) in [6.45, 7) is 1.25. The van der Waals surface area contributed by atoms with Gasteiger partial charge in [-0.05, 0) is 19.3 Å². The molecule has 0 spiro atoms. The van der Waals surface area contributed by atoms with E-state index in [9.17, 15) is 9.90 Å². The van der Waals surface area contributed by atoms with Crippen LogP contribution < -0.4 is 5.73 Å². The number of hydrogen-bond acceptors (Lipinski definition) is 3. The van der Waals surface area contributed by atoms with Gasteiger partial charge in [-0.25, -0.2) is 0 Å². The van der Waals surface area contributed by atoms with E-state index in [1.807, 2.05) is 0 Å². The van der Waals surface area contributed by atoms with Crippen LogP contribution in [0.1, 0.15) is 19.3 Å². The molecule has 1 saturated heterocycles. The Labute approximate surface area is 71.3 Å². The van der Waals surface area contributed by atoms with E-state index in [1.165, 1.54) is 12.8 Å². The van der Waals surface area contributed by atoms with Crippen molar-refractivity contribution in [1.29, 1.82) is 0 Å². The maximum atomic E-state index is 10.9. The lowest BCUT2D eigenvalue weighted by molar-refractivity contribution is -0.134. The van der Waals surface area contributed by atoms with Crippen LogP contribution in [0.5, 0.6) is 0 Å². The molecule has 4 heteroatoms. The fourth-order valence-electron chi connectivity index (χ4n) is 1.78. The summed E-state index contributed by atoms with van der Waals surface area (Å²) < 4.78 is 0. The summed E-state index contributed by atoms with van der Waals surface area (Å²) in [5.74, 6) is -0.578. The van der Waals surface area contributed by atoms with Crippen LogP contribution in [0.3, 0.4) is 0 Å². The highest BCUT2D eigenvalue weighted by Crippen LogP contribution is 2.33. The van der Waals surface area contributed by atoms with Crippen LogP contribution in [0.15, 0.2) is 0 Å². The largest absolute Gasteiger partial charge is 0.379 e. The summed E-state index contributed by atoms with van der Waals surface area (Å²) in [5, 5.41) is 9.70. The summed E-state index contributed by atoms with van der Waals surface area (Å²) in [4.78, 5) is 13.0. The summed E-state index contributed by atoms with van der Waals surface area (Å²) in [7, 11) is 0. The van der Waals surface area contributed by atoms with Crippen molar-refractivity contribution in [2.75, 3.05) is 13.1 Å². The SMILES string of the molecule is NC(=O)C1(O)CCN(C2CC2)C1. The Kier molecular flexibility index (Phi) is 1.63. The molecular weight excluding hydrogens is 156 g/mol. The van der Waals surface area contributed by atoms with Crippen molar-refractivity contribution in [3.63, 3.8) is 0 Å². The average molecular weight is 170 g/mol. The standard InChI is InChI=1S/C8H14N2O2/c9-7(11)8(12)3-4-10(5-8)6-1-2-6/h6,12H,1-5H2,(H2,9,11). The first kappa shape index (κ1) is 8.01. The molecule has 0 bridgehead atoms. The molecule has 2 aliphatic rings. The Morgan fingerprint density at radius 1 is 1.58 bits per heavy atom. The van der Waals surface area contributed by atoms with Gasteiger partial charge < -0.3 is 10.8 Å². The van der Waals surface area contributed by atoms with Gasteiger partial charge in [0, 0.05) is 19.1 Å². The number of nitrogens with zero attached hydrogens (tertiary/aromatic N) is 1. The molecule has 1 aliphatic carbocycles. The molecular formula is C8H14N2O2. The molecule has 1 atom stereocenters. The fourth-order valence-corrected chi connectivity index (χ4v) is 1.78. The van der Waals surface area contributed by atoms with Gasteiger partial charge >= 0.3 is 0 Å². The van der Waals surface area contributed by atoms with Gasteiger partial charge in [0.1, 0.15) is 0 Å². The highest BCUT2D eigenvalue weighted by molar-refractivity contribution is 5.83. The third-order valence-electron chi connectivity index (χ3n) is 2.80. The number of nitrogens with two attached hydrogens (primary N) is 1. The highest BCUT2D eigenvalue weighted by Gasteiger charge is 2.45. The predicted octanol–water partition coefficient (Wildman–Crippen LogP) is -0.929. The molecule has 1 unspecified atom stereocenters. The first-order valence-electron chi connectivity index (χ1n) is 4.38. The second-order valence-electron chi connectivity index (χ2n) is 3.85. The van der Waals surface area contributed by atoms with Crippen molar-refractivity contribution < 1.29 is 9.90 Å². The quantitative estimate of drug-likeness (QED) is 0.562. The second kappa shape index (κ2) is 2.44. The van der Waals surface area contributed by atoms with Crippen molar-refractivity contribution >= 4 is 5.91 Å². The molecule has 2 rings (SSSR count). The number of rotatable bonds is 2. The van der Waals surface area contributed by atoms with E-state index in [-0.39, 0.29) is 0 Å². The van der Waals surface area contributed by atoms with E-state index in [4.69, 9.17) is 5.73 Å². The summed E-state index contributed by atoms with van der Waals surface area (Å²) in [5.41, 5.74) is 3.85. The summed E-state index contributed by atoms with van der Waals surface area (Å²) >= 11 is 0. The lowest BCUT2D eigenvalue weighted by Crippen LogP contribution is -2.46. The zero-order valence-corrected chi connectivity index (χ0v) is 6.99. The smallest absolute Gasteiger partial charge is 0.250 e. The molecule has 0 aromatic carbocycles. The van der Waals surface area contributed by atoms with Crippen LogP contribution in [-0.2, 0) is 4.79 Å². The van der Waals surface area contributed by atoms with Crippen LogP contribution in [0, 0.1) is 0 Å². The van der Waals surface area contributed by atoms with E-state index in [2.05, 4.69) is 4.90 Å². The number of carbonyl (C=O) groups excluding carboxylic acids is 1.